The van der Waals surface area contributed by atoms with Crippen molar-refractivity contribution in [3.8, 4) is 0 Å². The Hall–Kier alpha value is -0.380. The molecule has 18 heavy (non-hydrogen) atoms. The van der Waals surface area contributed by atoms with E-state index in [-0.39, 0.29) is 0 Å². The molecular formula is C15H21BrN2. The highest BCUT2D eigenvalue weighted by atomic mass is 79.9. The summed E-state index contributed by atoms with van der Waals surface area (Å²) in [5.74, 6) is 0. The molecule has 3 rings (SSSR count). The molecule has 0 aromatic heterocycles. The molecule has 2 heterocycles. The Bertz CT molecular complexity index is 384. The summed E-state index contributed by atoms with van der Waals surface area (Å²) in [7, 11) is 0. The molecular weight excluding hydrogens is 288 g/mol. The average molecular weight is 309 g/mol. The Kier molecular flexibility index (Phi) is 4.02. The lowest BCUT2D eigenvalue weighted by Gasteiger charge is -2.29. The third kappa shape index (κ3) is 2.79. The predicted octanol–water partition coefficient (Wildman–Crippen LogP) is 3.17. The lowest BCUT2D eigenvalue weighted by molar-refractivity contribution is 0.206. The topological polar surface area (TPSA) is 15.3 Å². The lowest BCUT2D eigenvalue weighted by atomic mass is 10.0. The Morgan fingerprint density at radius 1 is 1.17 bits per heavy atom. The number of nitrogens with zero attached hydrogens (tertiary/aromatic N) is 1. The van der Waals surface area contributed by atoms with E-state index in [2.05, 4.69) is 50.4 Å². The first-order valence-electron chi connectivity index (χ1n) is 7.05. The van der Waals surface area contributed by atoms with Gasteiger partial charge in [-0.05, 0) is 56.5 Å². The number of likely N-dealkylation sites (tertiary alicyclic amines) is 1. The van der Waals surface area contributed by atoms with Gasteiger partial charge in [-0.2, -0.15) is 0 Å². The molecule has 2 saturated heterocycles. The highest BCUT2D eigenvalue weighted by Crippen LogP contribution is 2.26. The minimum Gasteiger partial charge on any atom is -0.312 e. The van der Waals surface area contributed by atoms with E-state index in [0.717, 1.165) is 18.6 Å². The van der Waals surface area contributed by atoms with Crippen molar-refractivity contribution in [2.24, 2.45) is 0 Å². The van der Waals surface area contributed by atoms with Crippen LogP contribution in [0.2, 0.25) is 0 Å². The molecule has 0 spiro atoms. The van der Waals surface area contributed by atoms with Gasteiger partial charge in [0, 0.05) is 23.1 Å². The van der Waals surface area contributed by atoms with Gasteiger partial charge in [0.05, 0.1) is 0 Å². The van der Waals surface area contributed by atoms with Crippen LogP contribution in [0.15, 0.2) is 28.7 Å². The molecule has 0 amide bonds. The Morgan fingerprint density at radius 2 is 2.00 bits per heavy atom. The second-order valence-corrected chi connectivity index (χ2v) is 6.43. The summed E-state index contributed by atoms with van der Waals surface area (Å²) in [5.41, 5.74) is 1.43. The first-order chi connectivity index (χ1) is 8.83. The van der Waals surface area contributed by atoms with E-state index in [4.69, 9.17) is 0 Å². The van der Waals surface area contributed by atoms with Gasteiger partial charge in [-0.3, -0.25) is 4.90 Å². The molecule has 1 aromatic rings. The number of hydrogen-bond donors (Lipinski definition) is 1. The molecule has 0 bridgehead atoms. The summed E-state index contributed by atoms with van der Waals surface area (Å²) in [4.78, 5) is 2.67. The number of benzene rings is 1. The fourth-order valence-electron chi connectivity index (χ4n) is 3.37. The zero-order valence-electron chi connectivity index (χ0n) is 10.7. The van der Waals surface area contributed by atoms with Crippen molar-refractivity contribution in [3.05, 3.63) is 34.3 Å². The van der Waals surface area contributed by atoms with Crippen LogP contribution in [0.3, 0.4) is 0 Å². The Labute approximate surface area is 118 Å². The number of hydrogen-bond acceptors (Lipinski definition) is 2. The number of nitrogens with one attached hydrogen (secondary N) is 1. The third-order valence-corrected chi connectivity index (χ3v) is 4.80. The van der Waals surface area contributed by atoms with E-state index >= 15 is 0 Å². The fraction of sp³-hybridized carbons (Fsp3) is 0.600. The lowest BCUT2D eigenvalue weighted by Crippen LogP contribution is -2.43. The van der Waals surface area contributed by atoms with Crippen LogP contribution in [0.25, 0.3) is 0 Å². The van der Waals surface area contributed by atoms with Gasteiger partial charge in [-0.15, -0.1) is 0 Å². The molecule has 2 aliphatic rings. The van der Waals surface area contributed by atoms with E-state index < -0.39 is 0 Å². The molecule has 2 aliphatic heterocycles. The normalized spacial score (nSPS) is 28.9. The molecule has 98 valence electrons. The van der Waals surface area contributed by atoms with Gasteiger partial charge in [-0.1, -0.05) is 28.1 Å². The van der Waals surface area contributed by atoms with Crippen molar-refractivity contribution in [1.82, 2.24) is 10.2 Å². The van der Waals surface area contributed by atoms with E-state index in [0.29, 0.717) is 0 Å². The smallest absolute Gasteiger partial charge is 0.0253 e. The summed E-state index contributed by atoms with van der Waals surface area (Å²) in [6, 6.07) is 10.3. The van der Waals surface area contributed by atoms with Gasteiger partial charge in [-0.25, -0.2) is 0 Å². The molecule has 2 unspecified atom stereocenters. The van der Waals surface area contributed by atoms with Crippen molar-refractivity contribution in [1.29, 1.82) is 0 Å². The second-order valence-electron chi connectivity index (χ2n) is 5.51. The van der Waals surface area contributed by atoms with Crippen molar-refractivity contribution >= 4 is 15.9 Å². The van der Waals surface area contributed by atoms with Crippen molar-refractivity contribution in [3.63, 3.8) is 0 Å². The van der Waals surface area contributed by atoms with Crippen LogP contribution in [-0.2, 0) is 6.54 Å². The Morgan fingerprint density at radius 3 is 2.72 bits per heavy atom. The standard InChI is InChI=1S/C15H21BrN2/c16-13-7-5-12(6-8-13)11-18-10-2-4-15(18)14-3-1-9-17-14/h5-8,14-15,17H,1-4,9-11H2. The van der Waals surface area contributed by atoms with Crippen LogP contribution in [-0.4, -0.2) is 30.1 Å². The predicted molar refractivity (Wildman–Crippen MR) is 78.6 cm³/mol. The minimum atomic E-state index is 0.739. The number of halogens is 1. The summed E-state index contributed by atoms with van der Waals surface area (Å²) in [6.07, 6.45) is 5.45. The van der Waals surface area contributed by atoms with Crippen LogP contribution < -0.4 is 5.32 Å². The maximum atomic E-state index is 3.67. The van der Waals surface area contributed by atoms with E-state index in [1.54, 1.807) is 0 Å². The zero-order chi connectivity index (χ0) is 12.4. The maximum Gasteiger partial charge on any atom is 0.0253 e. The molecule has 2 atom stereocenters. The molecule has 0 radical (unpaired) electrons. The summed E-state index contributed by atoms with van der Waals surface area (Å²) in [5, 5.41) is 3.67. The Balaban J connectivity index is 1.65. The molecule has 1 N–H and O–H groups in total. The summed E-state index contributed by atoms with van der Waals surface area (Å²) in [6.45, 7) is 3.59. The van der Waals surface area contributed by atoms with E-state index in [9.17, 15) is 0 Å². The molecule has 0 saturated carbocycles. The van der Waals surface area contributed by atoms with Crippen LogP contribution in [0.5, 0.6) is 0 Å². The van der Waals surface area contributed by atoms with Gasteiger partial charge in [0.25, 0.3) is 0 Å². The van der Waals surface area contributed by atoms with Crippen LogP contribution in [0, 0.1) is 0 Å². The van der Waals surface area contributed by atoms with Crippen molar-refractivity contribution in [2.75, 3.05) is 13.1 Å². The molecule has 2 fully saturated rings. The fourth-order valence-corrected chi connectivity index (χ4v) is 3.63. The zero-order valence-corrected chi connectivity index (χ0v) is 12.3. The first kappa shape index (κ1) is 12.6. The molecule has 2 nitrogen and oxygen atoms in total. The molecule has 3 heteroatoms. The second kappa shape index (κ2) is 5.72. The van der Waals surface area contributed by atoms with Crippen molar-refractivity contribution < 1.29 is 0 Å². The van der Waals surface area contributed by atoms with E-state index in [1.807, 2.05) is 0 Å². The number of rotatable bonds is 3. The van der Waals surface area contributed by atoms with Gasteiger partial charge in [0.15, 0.2) is 0 Å². The first-order valence-corrected chi connectivity index (χ1v) is 7.84. The van der Waals surface area contributed by atoms with Crippen LogP contribution in [0.4, 0.5) is 0 Å². The monoisotopic (exact) mass is 308 g/mol. The summed E-state index contributed by atoms with van der Waals surface area (Å²) >= 11 is 3.50. The maximum absolute atomic E-state index is 3.67. The quantitative estimate of drug-likeness (QED) is 0.922. The summed E-state index contributed by atoms with van der Waals surface area (Å²) < 4.78 is 1.17. The van der Waals surface area contributed by atoms with E-state index in [1.165, 1.54) is 48.8 Å². The average Bonchev–Trinajstić information content (AvgIpc) is 3.02. The third-order valence-electron chi connectivity index (χ3n) is 4.28. The molecule has 0 aliphatic carbocycles. The highest BCUT2D eigenvalue weighted by molar-refractivity contribution is 9.10. The van der Waals surface area contributed by atoms with Gasteiger partial charge < -0.3 is 5.32 Å². The molecule has 1 aromatic carbocycles. The van der Waals surface area contributed by atoms with Gasteiger partial charge >= 0.3 is 0 Å². The minimum absolute atomic E-state index is 0.739. The largest absolute Gasteiger partial charge is 0.312 e. The van der Waals surface area contributed by atoms with Gasteiger partial charge in [0.2, 0.25) is 0 Å². The van der Waals surface area contributed by atoms with Crippen molar-refractivity contribution in [2.45, 2.75) is 44.3 Å². The van der Waals surface area contributed by atoms with Crippen LogP contribution in [0.1, 0.15) is 31.2 Å². The SMILES string of the molecule is Brc1ccc(CN2CCCC2C2CCCN2)cc1. The van der Waals surface area contributed by atoms with Crippen LogP contribution >= 0.6 is 15.9 Å². The highest BCUT2D eigenvalue weighted by Gasteiger charge is 2.32. The van der Waals surface area contributed by atoms with Gasteiger partial charge in [0.1, 0.15) is 0 Å².